The van der Waals surface area contributed by atoms with Crippen molar-refractivity contribution < 1.29 is 9.90 Å². The smallest absolute Gasteiger partial charge is 0.347 e. The highest BCUT2D eigenvalue weighted by atomic mass is 32.2. The molecule has 3 nitrogen and oxygen atoms in total. The molecule has 2 aromatic rings. The molecular formula is C15H17NO2S2. The normalized spacial score (nSPS) is 10.7. The summed E-state index contributed by atoms with van der Waals surface area (Å²) in [6.45, 7) is 4.10. The Morgan fingerprint density at radius 2 is 2.25 bits per heavy atom. The summed E-state index contributed by atoms with van der Waals surface area (Å²) >= 11 is 2.99. The molecule has 2 rings (SSSR count). The first kappa shape index (κ1) is 15.1. The Bertz CT molecular complexity index is 608. The van der Waals surface area contributed by atoms with Gasteiger partial charge in [0.05, 0.1) is 11.4 Å². The van der Waals surface area contributed by atoms with Gasteiger partial charge < -0.3 is 5.11 Å². The molecule has 0 aliphatic rings. The quantitative estimate of drug-likeness (QED) is 0.804. The maximum atomic E-state index is 11.2. The lowest BCUT2D eigenvalue weighted by Gasteiger charge is -2.00. The van der Waals surface area contributed by atoms with E-state index in [1.165, 1.54) is 21.8 Å². The number of thioether (sulfide) groups is 1. The number of carboxylic acids is 1. The molecule has 0 aliphatic heterocycles. The van der Waals surface area contributed by atoms with Crippen LogP contribution in [-0.4, -0.2) is 16.1 Å². The molecular weight excluding hydrogens is 290 g/mol. The number of hydrogen-bond acceptors (Lipinski definition) is 4. The molecule has 1 N–H and O–H groups in total. The summed E-state index contributed by atoms with van der Waals surface area (Å²) in [7, 11) is 0. The summed E-state index contributed by atoms with van der Waals surface area (Å²) in [6.07, 6.45) is 1.64. The highest BCUT2D eigenvalue weighted by molar-refractivity contribution is 7.98. The summed E-state index contributed by atoms with van der Waals surface area (Å²) in [6, 6.07) is 8.29. The SMILES string of the molecule is CCCc1nc(CSc2cccc(C)c2)sc1C(=O)O. The number of carbonyl (C=O) groups is 1. The topological polar surface area (TPSA) is 50.2 Å². The minimum atomic E-state index is -0.863. The monoisotopic (exact) mass is 307 g/mol. The molecule has 106 valence electrons. The summed E-state index contributed by atoms with van der Waals surface area (Å²) < 4.78 is 0. The summed E-state index contributed by atoms with van der Waals surface area (Å²) in [5.41, 5.74) is 1.96. The van der Waals surface area contributed by atoms with Crippen LogP contribution in [0.3, 0.4) is 0 Å². The predicted molar refractivity (Wildman–Crippen MR) is 83.8 cm³/mol. The third-order valence-electron chi connectivity index (χ3n) is 2.77. The zero-order chi connectivity index (χ0) is 14.5. The number of thiazole rings is 1. The fourth-order valence-electron chi connectivity index (χ4n) is 1.89. The molecule has 0 bridgehead atoms. The van der Waals surface area contributed by atoms with E-state index in [9.17, 15) is 9.90 Å². The highest BCUT2D eigenvalue weighted by Gasteiger charge is 2.16. The van der Waals surface area contributed by atoms with E-state index >= 15 is 0 Å². The van der Waals surface area contributed by atoms with Crippen LogP contribution in [0.5, 0.6) is 0 Å². The number of benzene rings is 1. The molecule has 0 atom stereocenters. The molecule has 0 saturated carbocycles. The van der Waals surface area contributed by atoms with Crippen molar-refractivity contribution in [3.8, 4) is 0 Å². The van der Waals surface area contributed by atoms with Crippen molar-refractivity contribution in [2.45, 2.75) is 37.3 Å². The van der Waals surface area contributed by atoms with Gasteiger partial charge in [-0.2, -0.15) is 0 Å². The summed E-state index contributed by atoms with van der Waals surface area (Å²) in [5.74, 6) is -0.143. The van der Waals surface area contributed by atoms with Crippen molar-refractivity contribution in [2.75, 3.05) is 0 Å². The Morgan fingerprint density at radius 1 is 1.45 bits per heavy atom. The molecule has 0 spiro atoms. The van der Waals surface area contributed by atoms with Gasteiger partial charge in [0.2, 0.25) is 0 Å². The zero-order valence-corrected chi connectivity index (χ0v) is 13.2. The van der Waals surface area contributed by atoms with Crippen molar-refractivity contribution in [3.63, 3.8) is 0 Å². The van der Waals surface area contributed by atoms with E-state index in [1.54, 1.807) is 11.8 Å². The van der Waals surface area contributed by atoms with Gasteiger partial charge in [0.1, 0.15) is 9.88 Å². The molecule has 0 saturated heterocycles. The fraction of sp³-hybridized carbons (Fsp3) is 0.333. The van der Waals surface area contributed by atoms with Gasteiger partial charge in [-0.25, -0.2) is 9.78 Å². The van der Waals surface area contributed by atoms with Crippen molar-refractivity contribution >= 4 is 29.1 Å². The minimum Gasteiger partial charge on any atom is -0.477 e. The van der Waals surface area contributed by atoms with Crippen LogP contribution in [0.25, 0.3) is 0 Å². The number of nitrogens with zero attached hydrogens (tertiary/aromatic N) is 1. The predicted octanol–water partition coefficient (Wildman–Crippen LogP) is 4.39. The van der Waals surface area contributed by atoms with Gasteiger partial charge in [-0.3, -0.25) is 0 Å². The first-order valence-electron chi connectivity index (χ1n) is 6.51. The molecule has 0 unspecified atom stereocenters. The fourth-order valence-corrected chi connectivity index (χ4v) is 3.84. The number of rotatable bonds is 6. The number of aromatic nitrogens is 1. The number of hydrogen-bond donors (Lipinski definition) is 1. The molecule has 1 aromatic carbocycles. The highest BCUT2D eigenvalue weighted by Crippen LogP contribution is 2.28. The van der Waals surface area contributed by atoms with Crippen LogP contribution in [-0.2, 0) is 12.2 Å². The average molecular weight is 307 g/mol. The lowest BCUT2D eigenvalue weighted by molar-refractivity contribution is 0.0700. The van der Waals surface area contributed by atoms with Crippen molar-refractivity contribution in [3.05, 3.63) is 45.4 Å². The van der Waals surface area contributed by atoms with Gasteiger partial charge in [-0.1, -0.05) is 31.0 Å². The lowest BCUT2D eigenvalue weighted by Crippen LogP contribution is -1.98. The Labute approximate surface area is 127 Å². The van der Waals surface area contributed by atoms with Crippen LogP contribution in [0, 0.1) is 6.92 Å². The average Bonchev–Trinajstić information content (AvgIpc) is 2.80. The molecule has 5 heteroatoms. The van der Waals surface area contributed by atoms with E-state index in [0.29, 0.717) is 4.88 Å². The standard InChI is InChI=1S/C15H17NO2S2/c1-3-5-12-14(15(17)18)20-13(16-12)9-19-11-7-4-6-10(2)8-11/h4,6-8H,3,5,9H2,1-2H3,(H,17,18). The van der Waals surface area contributed by atoms with Crippen molar-refractivity contribution in [1.82, 2.24) is 4.98 Å². The maximum absolute atomic E-state index is 11.2. The Kier molecular flexibility index (Phi) is 5.20. The molecule has 1 aromatic heterocycles. The molecule has 0 fully saturated rings. The first-order chi connectivity index (χ1) is 9.60. The third-order valence-corrected chi connectivity index (χ3v) is 5.05. The third kappa shape index (κ3) is 3.84. The van der Waals surface area contributed by atoms with Crippen LogP contribution in [0.15, 0.2) is 29.2 Å². The number of aryl methyl sites for hydroxylation is 2. The number of carboxylic acid groups (broad SMARTS) is 1. The molecule has 0 radical (unpaired) electrons. The van der Waals surface area contributed by atoms with E-state index in [2.05, 4.69) is 30.1 Å². The van der Waals surface area contributed by atoms with Gasteiger partial charge in [-0.15, -0.1) is 23.1 Å². The molecule has 0 aliphatic carbocycles. The van der Waals surface area contributed by atoms with E-state index in [-0.39, 0.29) is 0 Å². The molecule has 0 amide bonds. The van der Waals surface area contributed by atoms with Crippen LogP contribution < -0.4 is 0 Å². The van der Waals surface area contributed by atoms with Crippen molar-refractivity contribution in [1.29, 1.82) is 0 Å². The van der Waals surface area contributed by atoms with E-state index in [4.69, 9.17) is 0 Å². The Hall–Kier alpha value is -1.33. The van der Waals surface area contributed by atoms with E-state index in [1.807, 2.05) is 13.0 Å². The second-order valence-electron chi connectivity index (χ2n) is 4.54. The van der Waals surface area contributed by atoms with Crippen molar-refractivity contribution in [2.24, 2.45) is 0 Å². The van der Waals surface area contributed by atoms with E-state index < -0.39 is 5.97 Å². The van der Waals surface area contributed by atoms with Gasteiger partial charge in [0.15, 0.2) is 0 Å². The largest absolute Gasteiger partial charge is 0.477 e. The van der Waals surface area contributed by atoms with Crippen LogP contribution in [0.2, 0.25) is 0 Å². The first-order valence-corrected chi connectivity index (χ1v) is 8.31. The Morgan fingerprint density at radius 3 is 2.90 bits per heavy atom. The van der Waals surface area contributed by atoms with Crippen LogP contribution >= 0.6 is 23.1 Å². The second-order valence-corrected chi connectivity index (χ2v) is 6.68. The van der Waals surface area contributed by atoms with Gasteiger partial charge in [-0.05, 0) is 25.5 Å². The minimum absolute atomic E-state index is 0.395. The van der Waals surface area contributed by atoms with Gasteiger partial charge in [0, 0.05) is 4.90 Å². The lowest BCUT2D eigenvalue weighted by atomic mass is 10.2. The Balaban J connectivity index is 2.09. The maximum Gasteiger partial charge on any atom is 0.347 e. The summed E-state index contributed by atoms with van der Waals surface area (Å²) in [4.78, 5) is 17.3. The molecule has 20 heavy (non-hydrogen) atoms. The molecule has 1 heterocycles. The summed E-state index contributed by atoms with van der Waals surface area (Å²) in [5, 5.41) is 10.1. The number of aromatic carboxylic acids is 1. The van der Waals surface area contributed by atoms with Gasteiger partial charge in [0.25, 0.3) is 0 Å². The van der Waals surface area contributed by atoms with E-state index in [0.717, 1.165) is 29.3 Å². The van der Waals surface area contributed by atoms with Gasteiger partial charge >= 0.3 is 5.97 Å². The van der Waals surface area contributed by atoms with Crippen LogP contribution in [0.1, 0.15) is 39.3 Å². The van der Waals surface area contributed by atoms with Crippen LogP contribution in [0.4, 0.5) is 0 Å². The zero-order valence-electron chi connectivity index (χ0n) is 11.5. The second kappa shape index (κ2) is 6.90.